The van der Waals surface area contributed by atoms with Gasteiger partial charge in [-0.2, -0.15) is 13.2 Å². The van der Waals surface area contributed by atoms with Crippen LogP contribution in [-0.4, -0.2) is 24.8 Å². The number of nitrogens with one attached hydrogen (secondary N) is 1. The monoisotopic (exact) mass is 263 g/mol. The second kappa shape index (κ2) is 4.31. The van der Waals surface area contributed by atoms with Crippen molar-refractivity contribution in [2.45, 2.75) is 31.1 Å². The van der Waals surface area contributed by atoms with Crippen LogP contribution in [0, 0.1) is 0 Å². The maximum atomic E-state index is 12.6. The molecule has 0 aliphatic heterocycles. The van der Waals surface area contributed by atoms with Gasteiger partial charge in [-0.25, -0.2) is 4.79 Å². The quantitative estimate of drug-likeness (QED) is 0.846. The van der Waals surface area contributed by atoms with Gasteiger partial charge in [-0.15, -0.1) is 0 Å². The molecule has 1 aliphatic carbocycles. The first-order valence-corrected chi connectivity index (χ1v) is 5.35. The Morgan fingerprint density at radius 1 is 1.56 bits per heavy atom. The fraction of sp³-hybridized carbons (Fsp3) is 0.545. The molecule has 0 radical (unpaired) electrons. The predicted molar refractivity (Wildman–Crippen MR) is 54.9 cm³/mol. The molecule has 7 heteroatoms. The van der Waals surface area contributed by atoms with E-state index in [2.05, 4.69) is 10.1 Å². The maximum Gasteiger partial charge on any atom is 0.406 e. The smallest absolute Gasteiger partial charge is 0.406 e. The second-order valence-corrected chi connectivity index (χ2v) is 4.23. The number of furan rings is 1. The molecule has 0 bridgehead atoms. The highest BCUT2D eigenvalue weighted by Crippen LogP contribution is 2.49. The Morgan fingerprint density at radius 3 is 2.72 bits per heavy atom. The van der Waals surface area contributed by atoms with Gasteiger partial charge in [0, 0.05) is 0 Å². The molecule has 1 fully saturated rings. The summed E-state index contributed by atoms with van der Waals surface area (Å²) < 4.78 is 47.3. The summed E-state index contributed by atoms with van der Waals surface area (Å²) in [6.07, 6.45) is -2.96. The van der Waals surface area contributed by atoms with Crippen molar-refractivity contribution in [1.29, 1.82) is 0 Å². The van der Waals surface area contributed by atoms with Crippen molar-refractivity contribution in [3.05, 3.63) is 23.7 Å². The molecule has 1 aliphatic rings. The van der Waals surface area contributed by atoms with Crippen molar-refractivity contribution < 1.29 is 27.1 Å². The van der Waals surface area contributed by atoms with Gasteiger partial charge in [0.1, 0.15) is 17.6 Å². The van der Waals surface area contributed by atoms with Gasteiger partial charge in [-0.3, -0.25) is 5.32 Å². The first kappa shape index (κ1) is 12.9. The van der Waals surface area contributed by atoms with Gasteiger partial charge in [0.25, 0.3) is 0 Å². The Morgan fingerprint density at radius 2 is 2.22 bits per heavy atom. The van der Waals surface area contributed by atoms with Gasteiger partial charge >= 0.3 is 12.1 Å². The summed E-state index contributed by atoms with van der Waals surface area (Å²) in [5.74, 6) is -0.312. The average Bonchev–Trinajstić information content (AvgIpc) is 2.97. The number of halogens is 3. The zero-order valence-electron chi connectivity index (χ0n) is 9.63. The summed E-state index contributed by atoms with van der Waals surface area (Å²) in [7, 11) is 1.22. The van der Waals surface area contributed by atoms with Crippen LogP contribution in [0.5, 0.6) is 0 Å². The largest absolute Gasteiger partial charge is 0.467 e. The molecule has 1 aromatic heterocycles. The molecule has 0 amide bonds. The molecule has 0 aromatic carbocycles. The van der Waals surface area contributed by atoms with Gasteiger partial charge in [0.15, 0.2) is 0 Å². The molecule has 18 heavy (non-hydrogen) atoms. The van der Waals surface area contributed by atoms with Gasteiger partial charge in [0.2, 0.25) is 0 Å². The molecule has 1 aromatic rings. The van der Waals surface area contributed by atoms with Crippen molar-refractivity contribution in [2.24, 2.45) is 0 Å². The van der Waals surface area contributed by atoms with Crippen molar-refractivity contribution in [1.82, 2.24) is 5.32 Å². The molecular weight excluding hydrogens is 251 g/mol. The zero-order valence-corrected chi connectivity index (χ0v) is 9.63. The summed E-state index contributed by atoms with van der Waals surface area (Å²) in [6, 6.07) is 1.37. The Hall–Kier alpha value is -1.50. The fourth-order valence-electron chi connectivity index (χ4n) is 1.64. The number of hydrogen-bond donors (Lipinski definition) is 1. The normalized spacial score (nSPS) is 17.6. The van der Waals surface area contributed by atoms with Crippen LogP contribution < -0.4 is 5.32 Å². The van der Waals surface area contributed by atoms with E-state index in [9.17, 15) is 18.0 Å². The van der Waals surface area contributed by atoms with E-state index in [0.29, 0.717) is 0 Å². The van der Waals surface area contributed by atoms with Crippen molar-refractivity contribution >= 4 is 5.97 Å². The lowest BCUT2D eigenvalue weighted by atomic mass is 10.2. The SMILES string of the molecule is COC(=O)c1coc(CNC2(C(F)(F)F)CC2)c1. The number of ether oxygens (including phenoxy) is 1. The Bertz CT molecular complexity index is 449. The minimum absolute atomic E-state index is 0.0705. The first-order chi connectivity index (χ1) is 8.38. The lowest BCUT2D eigenvalue weighted by Crippen LogP contribution is -2.44. The number of carbonyl (C=O) groups excluding carboxylic acids is 1. The first-order valence-electron chi connectivity index (χ1n) is 5.35. The number of methoxy groups -OCH3 is 1. The number of rotatable bonds is 4. The van der Waals surface area contributed by atoms with Crippen LogP contribution in [0.15, 0.2) is 16.7 Å². The lowest BCUT2D eigenvalue weighted by molar-refractivity contribution is -0.166. The molecule has 0 spiro atoms. The van der Waals surface area contributed by atoms with E-state index >= 15 is 0 Å². The van der Waals surface area contributed by atoms with Crippen LogP contribution in [0.1, 0.15) is 29.0 Å². The van der Waals surface area contributed by atoms with Gasteiger partial charge in [-0.05, 0) is 18.9 Å². The van der Waals surface area contributed by atoms with E-state index in [1.54, 1.807) is 0 Å². The van der Waals surface area contributed by atoms with Crippen molar-refractivity contribution in [2.75, 3.05) is 7.11 Å². The summed E-state index contributed by atoms with van der Waals surface area (Å²) >= 11 is 0. The number of esters is 1. The lowest BCUT2D eigenvalue weighted by Gasteiger charge is -2.19. The standard InChI is InChI=1S/C11H12F3NO3/c1-17-9(16)7-4-8(18-6-7)5-15-10(2-3-10)11(12,13)14/h4,6,15H,2-3,5H2,1H3. The van der Waals surface area contributed by atoms with Gasteiger partial charge in [0.05, 0.1) is 19.2 Å². The number of hydrogen-bond acceptors (Lipinski definition) is 4. The maximum absolute atomic E-state index is 12.6. The summed E-state index contributed by atoms with van der Waals surface area (Å²) in [6.45, 7) is -0.0729. The third-order valence-electron chi connectivity index (χ3n) is 2.97. The van der Waals surface area contributed by atoms with Gasteiger partial charge < -0.3 is 9.15 Å². The molecule has 0 unspecified atom stereocenters. The van der Waals surface area contributed by atoms with Crippen LogP contribution >= 0.6 is 0 Å². The molecule has 0 atom stereocenters. The highest BCUT2D eigenvalue weighted by molar-refractivity contribution is 5.88. The Kier molecular flexibility index (Phi) is 3.10. The molecule has 1 N–H and O–H groups in total. The predicted octanol–water partition coefficient (Wildman–Crippen LogP) is 2.25. The third kappa shape index (κ3) is 2.35. The van der Waals surface area contributed by atoms with Crippen LogP contribution in [0.3, 0.4) is 0 Å². The van der Waals surface area contributed by atoms with E-state index in [-0.39, 0.29) is 30.7 Å². The summed E-state index contributed by atoms with van der Waals surface area (Å²) in [5, 5.41) is 2.43. The highest BCUT2D eigenvalue weighted by atomic mass is 19.4. The molecule has 2 rings (SSSR count). The molecular formula is C11H12F3NO3. The van der Waals surface area contributed by atoms with E-state index in [1.807, 2.05) is 0 Å². The fourth-order valence-corrected chi connectivity index (χ4v) is 1.64. The third-order valence-corrected chi connectivity index (χ3v) is 2.97. The van der Waals surface area contributed by atoms with Crippen LogP contribution in [-0.2, 0) is 11.3 Å². The number of carbonyl (C=O) groups is 1. The highest BCUT2D eigenvalue weighted by Gasteiger charge is 2.63. The van der Waals surface area contributed by atoms with Crippen molar-refractivity contribution in [3.63, 3.8) is 0 Å². The van der Waals surface area contributed by atoms with Crippen LogP contribution in [0.4, 0.5) is 13.2 Å². The molecule has 0 saturated heterocycles. The van der Waals surface area contributed by atoms with Crippen molar-refractivity contribution in [3.8, 4) is 0 Å². The molecule has 1 saturated carbocycles. The van der Waals surface area contributed by atoms with E-state index < -0.39 is 17.7 Å². The van der Waals surface area contributed by atoms with Crippen LogP contribution in [0.25, 0.3) is 0 Å². The van der Waals surface area contributed by atoms with E-state index in [0.717, 1.165) is 6.26 Å². The summed E-state index contributed by atoms with van der Waals surface area (Å²) in [5.41, 5.74) is -1.60. The molecule has 100 valence electrons. The second-order valence-electron chi connectivity index (χ2n) is 4.23. The Balaban J connectivity index is 1.95. The topological polar surface area (TPSA) is 51.5 Å². The minimum Gasteiger partial charge on any atom is -0.467 e. The van der Waals surface area contributed by atoms with E-state index in [1.165, 1.54) is 13.2 Å². The number of alkyl halides is 3. The van der Waals surface area contributed by atoms with E-state index in [4.69, 9.17) is 4.42 Å². The average molecular weight is 263 g/mol. The Labute approximate surface area is 101 Å². The molecule has 4 nitrogen and oxygen atoms in total. The minimum atomic E-state index is -4.26. The van der Waals surface area contributed by atoms with Gasteiger partial charge in [-0.1, -0.05) is 0 Å². The zero-order chi connectivity index (χ0) is 13.4. The molecule has 1 heterocycles. The van der Waals surface area contributed by atoms with Crippen LogP contribution in [0.2, 0.25) is 0 Å². The summed E-state index contributed by atoms with van der Waals surface area (Å²) in [4.78, 5) is 11.1.